The maximum absolute atomic E-state index is 5.44. The van der Waals surface area contributed by atoms with Gasteiger partial charge in [-0.2, -0.15) is 4.98 Å². The molecule has 0 aliphatic carbocycles. The number of hydrogen-bond acceptors (Lipinski definition) is 3. The molecule has 0 bridgehead atoms. The van der Waals surface area contributed by atoms with Crippen LogP contribution < -0.4 is 5.73 Å². The van der Waals surface area contributed by atoms with Gasteiger partial charge in [-0.05, 0) is 18.1 Å². The van der Waals surface area contributed by atoms with E-state index in [1.165, 1.54) is 0 Å². The predicted octanol–water partition coefficient (Wildman–Crippen LogP) is 1.97. The van der Waals surface area contributed by atoms with E-state index in [4.69, 9.17) is 10.2 Å². The third kappa shape index (κ3) is 0.942. The second-order valence-corrected chi connectivity index (χ2v) is 2.67. The van der Waals surface area contributed by atoms with Gasteiger partial charge in [-0.15, -0.1) is 0 Å². The Morgan fingerprint density at radius 1 is 1.50 bits per heavy atom. The van der Waals surface area contributed by atoms with Crippen LogP contribution in [0.4, 0.5) is 6.01 Å². The summed E-state index contributed by atoms with van der Waals surface area (Å²) in [5.74, 6) is 0. The van der Waals surface area contributed by atoms with Gasteiger partial charge < -0.3 is 10.2 Å². The van der Waals surface area contributed by atoms with E-state index in [-0.39, 0.29) is 6.01 Å². The van der Waals surface area contributed by atoms with Crippen molar-refractivity contribution in [3.63, 3.8) is 0 Å². The highest BCUT2D eigenvalue weighted by molar-refractivity contribution is 5.77. The Hall–Kier alpha value is -1.51. The molecule has 0 unspecified atom stereocenters. The minimum atomic E-state index is 0.242. The SMILES string of the molecule is CCc1cccc2nc(N)oc12. The van der Waals surface area contributed by atoms with Crippen molar-refractivity contribution >= 4 is 17.1 Å². The Labute approximate surface area is 70.2 Å². The third-order valence-electron chi connectivity index (χ3n) is 1.89. The quantitative estimate of drug-likeness (QED) is 0.697. The first kappa shape index (κ1) is 7.16. The van der Waals surface area contributed by atoms with Crippen molar-refractivity contribution in [3.05, 3.63) is 23.8 Å². The lowest BCUT2D eigenvalue weighted by Gasteiger charge is -1.93. The van der Waals surface area contributed by atoms with Gasteiger partial charge in [-0.1, -0.05) is 19.1 Å². The number of rotatable bonds is 1. The van der Waals surface area contributed by atoms with Crippen LogP contribution in [0.15, 0.2) is 22.6 Å². The number of benzene rings is 1. The molecule has 0 aliphatic heterocycles. The largest absolute Gasteiger partial charge is 0.423 e. The molecule has 0 fully saturated rings. The molecular weight excluding hydrogens is 152 g/mol. The monoisotopic (exact) mass is 162 g/mol. The topological polar surface area (TPSA) is 52.0 Å². The number of fused-ring (bicyclic) bond motifs is 1. The molecule has 1 aromatic heterocycles. The number of nitrogen functional groups attached to an aromatic ring is 1. The number of nitrogens with two attached hydrogens (primary N) is 1. The number of hydrogen-bond donors (Lipinski definition) is 1. The molecule has 0 amide bonds. The first-order valence-corrected chi connectivity index (χ1v) is 3.95. The minimum Gasteiger partial charge on any atom is -0.423 e. The molecule has 2 N–H and O–H groups in total. The molecule has 12 heavy (non-hydrogen) atoms. The molecule has 0 saturated carbocycles. The zero-order valence-electron chi connectivity index (χ0n) is 6.87. The number of para-hydroxylation sites is 1. The van der Waals surface area contributed by atoms with E-state index < -0.39 is 0 Å². The molecule has 2 aromatic rings. The summed E-state index contributed by atoms with van der Waals surface area (Å²) in [6.45, 7) is 2.08. The molecule has 0 spiro atoms. The second kappa shape index (κ2) is 2.52. The highest BCUT2D eigenvalue weighted by Gasteiger charge is 2.05. The molecule has 0 aliphatic rings. The van der Waals surface area contributed by atoms with E-state index >= 15 is 0 Å². The van der Waals surface area contributed by atoms with Crippen LogP contribution in [0, 0.1) is 0 Å². The van der Waals surface area contributed by atoms with Gasteiger partial charge in [-0.3, -0.25) is 0 Å². The van der Waals surface area contributed by atoms with Crippen LogP contribution in [0.25, 0.3) is 11.1 Å². The Balaban J connectivity index is 2.78. The summed E-state index contributed by atoms with van der Waals surface area (Å²) in [6, 6.07) is 6.12. The summed E-state index contributed by atoms with van der Waals surface area (Å²) in [7, 11) is 0. The fourth-order valence-corrected chi connectivity index (χ4v) is 1.30. The summed E-state index contributed by atoms with van der Waals surface area (Å²) in [5.41, 5.74) is 8.24. The number of aromatic nitrogens is 1. The van der Waals surface area contributed by atoms with Crippen LogP contribution in [-0.4, -0.2) is 4.98 Å². The van der Waals surface area contributed by atoms with Gasteiger partial charge in [0.1, 0.15) is 5.52 Å². The molecule has 0 radical (unpaired) electrons. The molecule has 1 heterocycles. The van der Waals surface area contributed by atoms with E-state index in [0.29, 0.717) is 0 Å². The van der Waals surface area contributed by atoms with E-state index in [0.717, 1.165) is 23.1 Å². The molecule has 3 heteroatoms. The van der Waals surface area contributed by atoms with Crippen molar-refractivity contribution in [1.82, 2.24) is 4.98 Å². The van der Waals surface area contributed by atoms with Crippen LogP contribution in [0.3, 0.4) is 0 Å². The minimum absolute atomic E-state index is 0.242. The van der Waals surface area contributed by atoms with Crippen molar-refractivity contribution in [3.8, 4) is 0 Å². The van der Waals surface area contributed by atoms with Gasteiger partial charge in [-0.25, -0.2) is 0 Å². The summed E-state index contributed by atoms with van der Waals surface area (Å²) in [4.78, 5) is 4.03. The first-order chi connectivity index (χ1) is 5.81. The summed E-state index contributed by atoms with van der Waals surface area (Å²) in [6.07, 6.45) is 0.936. The molecule has 62 valence electrons. The van der Waals surface area contributed by atoms with Crippen LogP contribution in [0.5, 0.6) is 0 Å². The third-order valence-corrected chi connectivity index (χ3v) is 1.89. The number of aryl methyl sites for hydroxylation is 1. The lowest BCUT2D eigenvalue weighted by molar-refractivity contribution is 0.622. The average molecular weight is 162 g/mol. The van der Waals surface area contributed by atoms with E-state index in [9.17, 15) is 0 Å². The normalized spacial score (nSPS) is 10.8. The zero-order chi connectivity index (χ0) is 8.55. The van der Waals surface area contributed by atoms with Gasteiger partial charge in [0.05, 0.1) is 0 Å². The molecule has 1 aromatic carbocycles. The molecule has 0 atom stereocenters. The standard InChI is InChI=1S/C9H10N2O/c1-2-6-4-3-5-7-8(6)12-9(10)11-7/h3-5H,2H2,1H3,(H2,10,11). The van der Waals surface area contributed by atoms with E-state index in [1.807, 2.05) is 18.2 Å². The smallest absolute Gasteiger partial charge is 0.292 e. The van der Waals surface area contributed by atoms with Crippen molar-refractivity contribution in [2.45, 2.75) is 13.3 Å². The molecule has 3 nitrogen and oxygen atoms in total. The molecule has 0 saturated heterocycles. The Morgan fingerprint density at radius 2 is 2.33 bits per heavy atom. The lowest BCUT2D eigenvalue weighted by Crippen LogP contribution is -1.80. The second-order valence-electron chi connectivity index (χ2n) is 2.67. The number of nitrogens with zero attached hydrogens (tertiary/aromatic N) is 1. The Kier molecular flexibility index (Phi) is 1.50. The van der Waals surface area contributed by atoms with Gasteiger partial charge in [0.25, 0.3) is 6.01 Å². The summed E-state index contributed by atoms with van der Waals surface area (Å²) in [5, 5.41) is 0. The van der Waals surface area contributed by atoms with Crippen molar-refractivity contribution in [2.24, 2.45) is 0 Å². The van der Waals surface area contributed by atoms with E-state index in [1.54, 1.807) is 0 Å². The van der Waals surface area contributed by atoms with Crippen molar-refractivity contribution < 1.29 is 4.42 Å². The van der Waals surface area contributed by atoms with Crippen LogP contribution in [0.2, 0.25) is 0 Å². The summed E-state index contributed by atoms with van der Waals surface area (Å²) < 4.78 is 5.26. The highest BCUT2D eigenvalue weighted by atomic mass is 16.4. The highest BCUT2D eigenvalue weighted by Crippen LogP contribution is 2.20. The lowest BCUT2D eigenvalue weighted by atomic mass is 10.1. The number of anilines is 1. The average Bonchev–Trinajstić information content (AvgIpc) is 2.44. The predicted molar refractivity (Wildman–Crippen MR) is 47.8 cm³/mol. The van der Waals surface area contributed by atoms with Gasteiger partial charge >= 0.3 is 0 Å². The van der Waals surface area contributed by atoms with Crippen molar-refractivity contribution in [2.75, 3.05) is 5.73 Å². The van der Waals surface area contributed by atoms with E-state index in [2.05, 4.69) is 11.9 Å². The van der Waals surface area contributed by atoms with Crippen molar-refractivity contribution in [1.29, 1.82) is 0 Å². The van der Waals surface area contributed by atoms with Gasteiger partial charge in [0.2, 0.25) is 0 Å². The van der Waals surface area contributed by atoms with Gasteiger partial charge in [0.15, 0.2) is 5.58 Å². The van der Waals surface area contributed by atoms with Crippen LogP contribution in [-0.2, 0) is 6.42 Å². The molecule has 2 rings (SSSR count). The zero-order valence-corrected chi connectivity index (χ0v) is 6.87. The fraction of sp³-hybridized carbons (Fsp3) is 0.222. The Morgan fingerprint density at radius 3 is 3.08 bits per heavy atom. The maximum Gasteiger partial charge on any atom is 0.292 e. The summed E-state index contributed by atoms with van der Waals surface area (Å²) >= 11 is 0. The van der Waals surface area contributed by atoms with Gasteiger partial charge in [0, 0.05) is 0 Å². The van der Waals surface area contributed by atoms with Crippen LogP contribution >= 0.6 is 0 Å². The Bertz CT molecular complexity index is 406. The molecular formula is C9H10N2O. The first-order valence-electron chi connectivity index (χ1n) is 3.95. The fourth-order valence-electron chi connectivity index (χ4n) is 1.30. The number of oxazole rings is 1. The maximum atomic E-state index is 5.44. The van der Waals surface area contributed by atoms with Crippen LogP contribution in [0.1, 0.15) is 12.5 Å².